The van der Waals surface area contributed by atoms with E-state index in [1.807, 2.05) is 19.1 Å². The fourth-order valence-corrected chi connectivity index (χ4v) is 2.43. The summed E-state index contributed by atoms with van der Waals surface area (Å²) in [5, 5.41) is 2.48. The maximum absolute atomic E-state index is 11.9. The van der Waals surface area contributed by atoms with Gasteiger partial charge in [-0.05, 0) is 42.3 Å². The third kappa shape index (κ3) is 5.72. The number of aryl methyl sites for hydroxylation is 1. The zero-order valence-corrected chi connectivity index (χ0v) is 15.2. The van der Waals surface area contributed by atoms with Gasteiger partial charge in [0.25, 0.3) is 17.7 Å². The van der Waals surface area contributed by atoms with Gasteiger partial charge in [-0.15, -0.1) is 0 Å². The van der Waals surface area contributed by atoms with Crippen LogP contribution in [0, 0.1) is 0 Å². The van der Waals surface area contributed by atoms with E-state index in [0.29, 0.717) is 11.1 Å². The van der Waals surface area contributed by atoms with Crippen LogP contribution in [0.3, 0.4) is 0 Å². The Morgan fingerprint density at radius 3 is 2.28 bits per heavy atom. The first-order chi connectivity index (χ1) is 12.0. The van der Waals surface area contributed by atoms with E-state index in [4.69, 9.17) is 0 Å². The minimum Gasteiger partial charge on any atom is -0.343 e. The van der Waals surface area contributed by atoms with Gasteiger partial charge in [0.15, 0.2) is 0 Å². The number of halogens is 1. The largest absolute Gasteiger partial charge is 0.343 e. The van der Waals surface area contributed by atoms with Gasteiger partial charge in [0.05, 0.1) is 6.54 Å². The van der Waals surface area contributed by atoms with Crippen LogP contribution >= 0.6 is 15.9 Å². The van der Waals surface area contributed by atoms with Crippen LogP contribution in [-0.4, -0.2) is 24.3 Å². The maximum Gasteiger partial charge on any atom is 0.269 e. The third-order valence-electron chi connectivity index (χ3n) is 3.44. The average Bonchev–Trinajstić information content (AvgIpc) is 2.64. The Morgan fingerprint density at radius 2 is 1.64 bits per heavy atom. The highest BCUT2D eigenvalue weighted by Gasteiger charge is 2.10. The second kappa shape index (κ2) is 8.98. The molecule has 0 aromatic heterocycles. The first kappa shape index (κ1) is 18.7. The zero-order valence-electron chi connectivity index (χ0n) is 13.6. The predicted octanol–water partition coefficient (Wildman–Crippen LogP) is 2.20. The van der Waals surface area contributed by atoms with Crippen molar-refractivity contribution in [1.82, 2.24) is 16.2 Å². The van der Waals surface area contributed by atoms with E-state index >= 15 is 0 Å². The summed E-state index contributed by atoms with van der Waals surface area (Å²) < 4.78 is 0.769. The van der Waals surface area contributed by atoms with Crippen molar-refractivity contribution in [1.29, 1.82) is 0 Å². The molecule has 0 aliphatic rings. The first-order valence-electron chi connectivity index (χ1n) is 7.71. The lowest BCUT2D eigenvalue weighted by Crippen LogP contribution is -2.46. The summed E-state index contributed by atoms with van der Waals surface area (Å²) in [6.07, 6.45) is 0.885. The second-order valence-electron chi connectivity index (χ2n) is 5.25. The Labute approximate surface area is 154 Å². The van der Waals surface area contributed by atoms with Crippen molar-refractivity contribution in [3.8, 4) is 0 Å². The van der Waals surface area contributed by atoms with Crippen LogP contribution in [0.15, 0.2) is 53.0 Å². The minimum absolute atomic E-state index is 0.250. The Hall–Kier alpha value is -2.67. The summed E-state index contributed by atoms with van der Waals surface area (Å²) >= 11 is 3.28. The van der Waals surface area contributed by atoms with E-state index in [1.54, 1.807) is 36.4 Å². The summed E-state index contributed by atoms with van der Waals surface area (Å²) in [4.78, 5) is 35.6. The van der Waals surface area contributed by atoms with Crippen LogP contribution < -0.4 is 16.2 Å². The number of hydrogen-bond acceptors (Lipinski definition) is 3. The van der Waals surface area contributed by atoms with Crippen molar-refractivity contribution in [3.05, 3.63) is 69.7 Å². The number of hydrogen-bond donors (Lipinski definition) is 3. The molecule has 0 atom stereocenters. The summed E-state index contributed by atoms with van der Waals surface area (Å²) in [6, 6.07) is 13.9. The highest BCUT2D eigenvalue weighted by molar-refractivity contribution is 9.10. The van der Waals surface area contributed by atoms with Crippen molar-refractivity contribution in [3.63, 3.8) is 0 Å². The molecular weight excluding hydrogens is 386 g/mol. The van der Waals surface area contributed by atoms with Crippen LogP contribution in [0.1, 0.15) is 33.2 Å². The number of benzene rings is 2. The Morgan fingerprint density at radius 1 is 0.920 bits per heavy atom. The summed E-state index contributed by atoms with van der Waals surface area (Å²) in [7, 11) is 0. The van der Waals surface area contributed by atoms with Crippen LogP contribution in [0.5, 0.6) is 0 Å². The van der Waals surface area contributed by atoms with Gasteiger partial charge in [0.2, 0.25) is 0 Å². The number of carbonyl (C=O) groups excluding carboxylic acids is 3. The van der Waals surface area contributed by atoms with E-state index in [2.05, 4.69) is 32.1 Å². The van der Waals surface area contributed by atoms with E-state index in [9.17, 15) is 14.4 Å². The summed E-state index contributed by atoms with van der Waals surface area (Å²) in [5.74, 6) is -1.32. The van der Waals surface area contributed by atoms with Gasteiger partial charge in [0, 0.05) is 15.6 Å². The number of hydrazine groups is 1. The molecule has 0 saturated heterocycles. The molecule has 0 aliphatic carbocycles. The van der Waals surface area contributed by atoms with E-state index in [1.165, 1.54) is 0 Å². The molecule has 7 heteroatoms. The van der Waals surface area contributed by atoms with Gasteiger partial charge in [-0.1, -0.05) is 41.1 Å². The standard InChI is InChI=1S/C18H18BrN3O3/c1-2-12-6-8-13(9-7-12)18(25)22-21-16(23)11-20-17(24)14-4-3-5-15(19)10-14/h3-10H,2,11H2,1H3,(H,20,24)(H,21,23)(H,22,25). The van der Waals surface area contributed by atoms with Gasteiger partial charge in [-0.3, -0.25) is 25.2 Å². The molecule has 2 aromatic carbocycles. The molecule has 0 bridgehead atoms. The molecular formula is C18H18BrN3O3. The number of carbonyl (C=O) groups is 3. The van der Waals surface area contributed by atoms with Crippen LogP contribution in [-0.2, 0) is 11.2 Å². The molecule has 3 amide bonds. The van der Waals surface area contributed by atoms with Gasteiger partial charge in [-0.2, -0.15) is 0 Å². The van der Waals surface area contributed by atoms with Crippen LogP contribution in [0.2, 0.25) is 0 Å². The Balaban J connectivity index is 1.78. The molecule has 2 aromatic rings. The van der Waals surface area contributed by atoms with Crippen molar-refractivity contribution >= 4 is 33.7 Å². The average molecular weight is 404 g/mol. The third-order valence-corrected chi connectivity index (χ3v) is 3.93. The number of rotatable bonds is 5. The molecule has 0 aliphatic heterocycles. The molecule has 0 spiro atoms. The highest BCUT2D eigenvalue weighted by Crippen LogP contribution is 2.11. The van der Waals surface area contributed by atoms with Crippen molar-refractivity contribution in [2.45, 2.75) is 13.3 Å². The monoisotopic (exact) mass is 403 g/mol. The molecule has 0 heterocycles. The lowest BCUT2D eigenvalue weighted by atomic mass is 10.1. The fraction of sp³-hybridized carbons (Fsp3) is 0.167. The maximum atomic E-state index is 11.9. The van der Waals surface area contributed by atoms with E-state index < -0.39 is 11.8 Å². The minimum atomic E-state index is -0.526. The lowest BCUT2D eigenvalue weighted by molar-refractivity contribution is -0.120. The van der Waals surface area contributed by atoms with Crippen molar-refractivity contribution < 1.29 is 14.4 Å². The molecule has 0 unspecified atom stereocenters. The number of nitrogens with one attached hydrogen (secondary N) is 3. The van der Waals surface area contributed by atoms with Crippen LogP contribution in [0.4, 0.5) is 0 Å². The summed E-state index contributed by atoms with van der Waals surface area (Å²) in [6.45, 7) is 1.78. The van der Waals surface area contributed by atoms with E-state index in [-0.39, 0.29) is 12.5 Å². The second-order valence-corrected chi connectivity index (χ2v) is 6.16. The lowest BCUT2D eigenvalue weighted by Gasteiger charge is -2.09. The highest BCUT2D eigenvalue weighted by atomic mass is 79.9. The van der Waals surface area contributed by atoms with E-state index in [0.717, 1.165) is 16.5 Å². The van der Waals surface area contributed by atoms with Gasteiger partial charge in [-0.25, -0.2) is 0 Å². The molecule has 25 heavy (non-hydrogen) atoms. The smallest absolute Gasteiger partial charge is 0.269 e. The van der Waals surface area contributed by atoms with Crippen molar-refractivity contribution in [2.75, 3.05) is 6.54 Å². The topological polar surface area (TPSA) is 87.3 Å². The molecule has 130 valence electrons. The van der Waals surface area contributed by atoms with Gasteiger partial charge in [0.1, 0.15) is 0 Å². The quantitative estimate of drug-likeness (QED) is 0.668. The van der Waals surface area contributed by atoms with Crippen molar-refractivity contribution in [2.24, 2.45) is 0 Å². The summed E-state index contributed by atoms with van der Waals surface area (Å²) in [5.41, 5.74) is 6.57. The Bertz CT molecular complexity index is 775. The normalized spacial score (nSPS) is 10.0. The fourth-order valence-electron chi connectivity index (χ4n) is 2.03. The van der Waals surface area contributed by atoms with Gasteiger partial charge < -0.3 is 5.32 Å². The molecule has 3 N–H and O–H groups in total. The first-order valence-corrected chi connectivity index (χ1v) is 8.50. The molecule has 0 saturated carbocycles. The molecule has 2 rings (SSSR count). The van der Waals surface area contributed by atoms with Crippen LogP contribution in [0.25, 0.3) is 0 Å². The Kier molecular flexibility index (Phi) is 6.71. The molecule has 6 nitrogen and oxygen atoms in total. The number of amides is 3. The van der Waals surface area contributed by atoms with Gasteiger partial charge >= 0.3 is 0 Å². The predicted molar refractivity (Wildman–Crippen MR) is 97.9 cm³/mol. The molecule has 0 radical (unpaired) electrons. The zero-order chi connectivity index (χ0) is 18.2. The SMILES string of the molecule is CCc1ccc(C(=O)NNC(=O)CNC(=O)c2cccc(Br)c2)cc1. The molecule has 0 fully saturated rings.